The smallest absolute Gasteiger partial charge is 0.138 e. The second kappa shape index (κ2) is 13.4. The maximum Gasteiger partial charge on any atom is 0.138 e. The van der Waals surface area contributed by atoms with E-state index >= 15 is 0 Å². The fraction of sp³-hybridized carbons (Fsp3) is 0.387. The van der Waals surface area contributed by atoms with Gasteiger partial charge >= 0.3 is 0 Å². The summed E-state index contributed by atoms with van der Waals surface area (Å²) in [5.74, 6) is 1.26. The van der Waals surface area contributed by atoms with Crippen molar-refractivity contribution in [1.82, 2.24) is 9.80 Å². The van der Waals surface area contributed by atoms with Crippen LogP contribution in [0.1, 0.15) is 11.1 Å². The van der Waals surface area contributed by atoms with E-state index in [1.54, 1.807) is 0 Å². The molecular formula is C31H34Cl2N4O4. The third-order valence-electron chi connectivity index (χ3n) is 7.55. The Hall–Kier alpha value is -2.85. The Morgan fingerprint density at radius 2 is 1.17 bits per heavy atom. The molecule has 3 aromatic carbocycles. The number of hydrogen-bond acceptors (Lipinski definition) is 8. The molecule has 0 spiro atoms. The molecule has 2 heterocycles. The number of rotatable bonds is 10. The van der Waals surface area contributed by atoms with Crippen molar-refractivity contribution in [3.8, 4) is 22.6 Å². The molecule has 0 unspecified atom stereocenters. The van der Waals surface area contributed by atoms with Crippen LogP contribution in [0.2, 0.25) is 10.0 Å². The van der Waals surface area contributed by atoms with Crippen LogP contribution in [0.3, 0.4) is 0 Å². The van der Waals surface area contributed by atoms with Gasteiger partial charge in [0.1, 0.15) is 24.7 Å². The number of benzene rings is 3. The number of nitrogens with zero attached hydrogens (tertiary/aromatic N) is 3. The minimum absolute atomic E-state index is 0.535. The predicted molar refractivity (Wildman–Crippen MR) is 163 cm³/mol. The van der Waals surface area contributed by atoms with Gasteiger partial charge in [-0.2, -0.15) is 5.10 Å². The van der Waals surface area contributed by atoms with Crippen molar-refractivity contribution >= 4 is 34.6 Å². The second-order valence-electron chi connectivity index (χ2n) is 10.2. The van der Waals surface area contributed by atoms with Gasteiger partial charge in [0.05, 0.1) is 47.9 Å². The van der Waals surface area contributed by atoms with E-state index in [9.17, 15) is 0 Å². The topological polar surface area (TPSA) is 67.8 Å². The van der Waals surface area contributed by atoms with Crippen LogP contribution in [0.5, 0.6) is 11.5 Å². The molecular weight excluding hydrogens is 563 g/mol. The van der Waals surface area contributed by atoms with E-state index in [4.69, 9.17) is 47.3 Å². The minimum atomic E-state index is 0.535. The first-order chi connectivity index (χ1) is 20.2. The molecule has 41 heavy (non-hydrogen) atoms. The molecule has 8 nitrogen and oxygen atoms in total. The zero-order chi connectivity index (χ0) is 28.0. The first-order valence-electron chi connectivity index (χ1n) is 14.1. The number of halogens is 2. The summed E-state index contributed by atoms with van der Waals surface area (Å²) in [6.07, 6.45) is 0. The Bertz CT molecular complexity index is 1290. The number of hydrazone groups is 1. The van der Waals surface area contributed by atoms with E-state index in [0.29, 0.717) is 34.8 Å². The number of fused-ring (bicyclic) bond motifs is 3. The van der Waals surface area contributed by atoms with Gasteiger partial charge in [0.2, 0.25) is 0 Å². The summed E-state index contributed by atoms with van der Waals surface area (Å²) in [5, 5.41) is 5.95. The molecule has 0 bridgehead atoms. The number of ether oxygens (including phenoxy) is 4. The molecule has 216 valence electrons. The van der Waals surface area contributed by atoms with Crippen molar-refractivity contribution in [3.05, 3.63) is 75.8 Å². The number of morpholine rings is 2. The highest BCUT2D eigenvalue weighted by Gasteiger charge is 2.29. The van der Waals surface area contributed by atoms with Crippen LogP contribution in [0, 0.1) is 0 Å². The third kappa shape index (κ3) is 6.80. The van der Waals surface area contributed by atoms with E-state index in [-0.39, 0.29) is 0 Å². The van der Waals surface area contributed by atoms with Crippen LogP contribution < -0.4 is 14.9 Å². The Kier molecular flexibility index (Phi) is 9.25. The summed E-state index contributed by atoms with van der Waals surface area (Å²) in [4.78, 5) is 4.67. The van der Waals surface area contributed by atoms with Crippen LogP contribution in [0.25, 0.3) is 11.1 Å². The molecule has 0 amide bonds. The van der Waals surface area contributed by atoms with Crippen LogP contribution in [-0.2, 0) is 9.47 Å². The van der Waals surface area contributed by atoms with Crippen molar-refractivity contribution in [2.24, 2.45) is 5.10 Å². The Balaban J connectivity index is 1.26. The van der Waals surface area contributed by atoms with E-state index in [1.165, 1.54) is 0 Å². The van der Waals surface area contributed by atoms with Gasteiger partial charge in [-0.15, -0.1) is 0 Å². The van der Waals surface area contributed by atoms with Crippen LogP contribution in [0.4, 0.5) is 5.69 Å². The quantitative estimate of drug-likeness (QED) is 0.250. The van der Waals surface area contributed by atoms with Gasteiger partial charge in [0.15, 0.2) is 0 Å². The number of anilines is 1. The van der Waals surface area contributed by atoms with E-state index in [2.05, 4.69) is 15.2 Å². The first kappa shape index (κ1) is 28.3. The predicted octanol–water partition coefficient (Wildman–Crippen LogP) is 5.26. The molecule has 2 fully saturated rings. The van der Waals surface area contributed by atoms with Crippen LogP contribution in [0.15, 0.2) is 59.7 Å². The molecule has 2 saturated heterocycles. The van der Waals surface area contributed by atoms with Gasteiger partial charge in [-0.25, -0.2) is 0 Å². The Morgan fingerprint density at radius 3 is 1.66 bits per heavy atom. The highest BCUT2D eigenvalue weighted by atomic mass is 35.5. The molecule has 2 aliphatic heterocycles. The lowest BCUT2D eigenvalue weighted by Gasteiger charge is -2.26. The van der Waals surface area contributed by atoms with Gasteiger partial charge in [-0.1, -0.05) is 41.4 Å². The largest absolute Gasteiger partial charge is 0.491 e. The fourth-order valence-corrected chi connectivity index (χ4v) is 5.72. The average Bonchev–Trinajstić information content (AvgIpc) is 3.28. The lowest BCUT2D eigenvalue weighted by molar-refractivity contribution is 0.0322. The van der Waals surface area contributed by atoms with E-state index < -0.39 is 0 Å². The van der Waals surface area contributed by atoms with Crippen molar-refractivity contribution in [2.45, 2.75) is 0 Å². The molecule has 0 atom stereocenters. The summed E-state index contributed by atoms with van der Waals surface area (Å²) in [6.45, 7) is 9.38. The highest BCUT2D eigenvalue weighted by molar-refractivity contribution is 6.35. The summed E-state index contributed by atoms with van der Waals surface area (Å²) in [7, 11) is 0. The number of para-hydroxylation sites is 1. The van der Waals surface area contributed by atoms with Crippen molar-refractivity contribution in [1.29, 1.82) is 0 Å². The lowest BCUT2D eigenvalue weighted by Crippen LogP contribution is -2.38. The van der Waals surface area contributed by atoms with Crippen LogP contribution >= 0.6 is 23.2 Å². The van der Waals surface area contributed by atoms with Gasteiger partial charge in [-0.3, -0.25) is 15.2 Å². The number of hydrogen-bond donors (Lipinski definition) is 1. The minimum Gasteiger partial charge on any atom is -0.491 e. The molecule has 10 heteroatoms. The van der Waals surface area contributed by atoms with E-state index in [1.807, 2.05) is 54.6 Å². The second-order valence-corrected chi connectivity index (χ2v) is 11.0. The molecule has 0 aromatic heterocycles. The fourth-order valence-electron chi connectivity index (χ4n) is 5.28. The first-order valence-corrected chi connectivity index (χ1v) is 14.8. The third-order valence-corrected chi connectivity index (χ3v) is 8.14. The van der Waals surface area contributed by atoms with Gasteiger partial charge in [-0.05, 0) is 47.5 Å². The lowest BCUT2D eigenvalue weighted by atomic mass is 10.1. The molecule has 0 radical (unpaired) electrons. The van der Waals surface area contributed by atoms with Gasteiger partial charge < -0.3 is 18.9 Å². The normalized spacial score (nSPS) is 17.2. The maximum atomic E-state index is 6.74. The molecule has 6 rings (SSSR count). The molecule has 3 aliphatic rings. The average molecular weight is 598 g/mol. The van der Waals surface area contributed by atoms with Crippen molar-refractivity contribution in [3.63, 3.8) is 0 Å². The SMILES string of the molecule is Clc1cc2c(cc1OCCN1CCOCC1)C(=NNc1ccccc1)c1cc(OCCN3CCOCC3)c(Cl)cc1-2. The zero-order valence-electron chi connectivity index (χ0n) is 22.9. The zero-order valence-corrected chi connectivity index (χ0v) is 24.4. The molecule has 3 aromatic rings. The van der Waals surface area contributed by atoms with Gasteiger partial charge in [0.25, 0.3) is 0 Å². The van der Waals surface area contributed by atoms with Gasteiger partial charge in [0, 0.05) is 50.4 Å². The monoisotopic (exact) mass is 596 g/mol. The molecule has 1 aliphatic carbocycles. The number of nitrogens with one attached hydrogen (secondary N) is 1. The summed E-state index contributed by atoms with van der Waals surface area (Å²) >= 11 is 13.5. The summed E-state index contributed by atoms with van der Waals surface area (Å²) < 4.78 is 23.3. The maximum absolute atomic E-state index is 6.74. The summed E-state index contributed by atoms with van der Waals surface area (Å²) in [5.41, 5.74) is 8.66. The standard InChI is InChI=1S/C31H34Cl2N4O4/c32-27-18-23-24-19-28(33)30(41-17-11-37-8-14-39-15-9-37)21-26(24)31(35-34-22-4-2-1-3-5-22)25(23)20-29(27)40-16-10-36-6-12-38-13-7-36/h1-5,18-21,34H,6-17H2. The van der Waals surface area contributed by atoms with Crippen molar-refractivity contribution < 1.29 is 18.9 Å². The molecule has 1 N–H and O–H groups in total. The Labute approximate surface area is 250 Å². The van der Waals surface area contributed by atoms with Crippen molar-refractivity contribution in [2.75, 3.05) is 84.3 Å². The molecule has 0 saturated carbocycles. The Morgan fingerprint density at radius 1 is 0.683 bits per heavy atom. The van der Waals surface area contributed by atoms with Crippen LogP contribution in [-0.4, -0.2) is 94.4 Å². The highest BCUT2D eigenvalue weighted by Crippen LogP contribution is 2.45. The van der Waals surface area contributed by atoms with E-state index in [0.717, 1.165) is 99.3 Å². The summed E-state index contributed by atoms with van der Waals surface area (Å²) in [6, 6.07) is 17.7.